The molecule has 0 spiro atoms. The van der Waals surface area contributed by atoms with Gasteiger partial charge in [0, 0.05) is 10.5 Å². The maximum atomic E-state index is 11.8. The Morgan fingerprint density at radius 3 is 2.50 bits per heavy atom. The average Bonchev–Trinajstić information content (AvgIpc) is 2.34. The summed E-state index contributed by atoms with van der Waals surface area (Å²) in [6.07, 6.45) is 0. The Morgan fingerprint density at radius 2 is 1.83 bits per heavy atom. The Kier molecular flexibility index (Phi) is 4.27. The van der Waals surface area contributed by atoms with E-state index in [4.69, 9.17) is 27.9 Å². The van der Waals surface area contributed by atoms with Gasteiger partial charge in [-0.25, -0.2) is 4.79 Å². The largest absolute Gasteiger partial charge is 0.423 e. The maximum absolute atomic E-state index is 11.8. The summed E-state index contributed by atoms with van der Waals surface area (Å²) in [5.41, 5.74) is 0.454. The van der Waals surface area contributed by atoms with Crippen molar-refractivity contribution in [3.05, 3.63) is 62.5 Å². The molecule has 2 aromatic rings. The lowest BCUT2D eigenvalue weighted by Gasteiger charge is -2.05. The van der Waals surface area contributed by atoms with Gasteiger partial charge in [0.05, 0.1) is 15.6 Å². The lowest BCUT2D eigenvalue weighted by atomic mass is 10.2. The first-order valence-corrected chi connectivity index (χ1v) is 6.54. The molecule has 0 radical (unpaired) electrons. The van der Waals surface area contributed by atoms with Crippen LogP contribution >= 0.6 is 39.1 Å². The van der Waals surface area contributed by atoms with Crippen molar-refractivity contribution < 1.29 is 9.53 Å². The van der Waals surface area contributed by atoms with Crippen LogP contribution in [0, 0.1) is 0 Å². The van der Waals surface area contributed by atoms with E-state index in [1.165, 1.54) is 6.07 Å². The highest BCUT2D eigenvalue weighted by molar-refractivity contribution is 9.10. The van der Waals surface area contributed by atoms with E-state index in [1.54, 1.807) is 30.3 Å². The molecule has 5 heteroatoms. The third-order valence-corrected chi connectivity index (χ3v) is 3.39. The molecule has 0 fully saturated rings. The molecule has 0 aromatic heterocycles. The van der Waals surface area contributed by atoms with Crippen molar-refractivity contribution in [3.63, 3.8) is 0 Å². The van der Waals surface area contributed by atoms with Crippen LogP contribution in [0.3, 0.4) is 0 Å². The van der Waals surface area contributed by atoms with Gasteiger partial charge in [-0.15, -0.1) is 0 Å². The molecule has 0 N–H and O–H groups in total. The number of rotatable bonds is 2. The molecule has 0 saturated heterocycles. The third-order valence-electron chi connectivity index (χ3n) is 2.16. The number of benzene rings is 2. The number of carbonyl (C=O) groups is 1. The van der Waals surface area contributed by atoms with Gasteiger partial charge in [-0.1, -0.05) is 45.2 Å². The molecule has 0 aliphatic rings. The summed E-state index contributed by atoms with van der Waals surface area (Å²) in [5, 5.41) is 0.759. The topological polar surface area (TPSA) is 26.3 Å². The molecule has 2 aromatic carbocycles. The second-order valence-electron chi connectivity index (χ2n) is 3.48. The molecule has 2 rings (SSSR count). The molecule has 2 nitrogen and oxygen atoms in total. The maximum Gasteiger partial charge on any atom is 0.343 e. The summed E-state index contributed by atoms with van der Waals surface area (Å²) in [4.78, 5) is 11.8. The number of halogens is 3. The summed E-state index contributed by atoms with van der Waals surface area (Å²) in [5.74, 6) is -0.0935. The fraction of sp³-hybridized carbons (Fsp3) is 0. The minimum atomic E-state index is -0.449. The van der Waals surface area contributed by atoms with Crippen LogP contribution in [0.1, 0.15) is 10.4 Å². The van der Waals surface area contributed by atoms with Gasteiger partial charge in [0.1, 0.15) is 5.75 Å². The number of ether oxygens (including phenoxy) is 1. The van der Waals surface area contributed by atoms with Crippen molar-refractivity contribution in [2.75, 3.05) is 0 Å². The van der Waals surface area contributed by atoms with E-state index >= 15 is 0 Å². The van der Waals surface area contributed by atoms with Crippen molar-refractivity contribution in [2.45, 2.75) is 0 Å². The van der Waals surface area contributed by atoms with Crippen LogP contribution in [0.4, 0.5) is 0 Å². The standard InChI is InChI=1S/C13H7BrCl2O2/c14-9-3-1-2-8(6-9)13(17)18-10-4-5-11(15)12(16)7-10/h1-7H. The quantitative estimate of drug-likeness (QED) is 0.567. The second kappa shape index (κ2) is 5.74. The van der Waals surface area contributed by atoms with Crippen LogP contribution < -0.4 is 4.74 Å². The van der Waals surface area contributed by atoms with Crippen LogP contribution in [0.15, 0.2) is 46.9 Å². The van der Waals surface area contributed by atoms with Crippen molar-refractivity contribution >= 4 is 45.1 Å². The van der Waals surface area contributed by atoms with E-state index in [1.807, 2.05) is 6.07 Å². The normalized spacial score (nSPS) is 10.2. The zero-order valence-electron chi connectivity index (χ0n) is 8.99. The van der Waals surface area contributed by atoms with Gasteiger partial charge in [-0.05, 0) is 30.3 Å². The van der Waals surface area contributed by atoms with Crippen molar-refractivity contribution in [2.24, 2.45) is 0 Å². The first-order chi connectivity index (χ1) is 8.56. The van der Waals surface area contributed by atoms with Crippen LogP contribution in [0.2, 0.25) is 10.0 Å². The second-order valence-corrected chi connectivity index (χ2v) is 5.21. The first kappa shape index (κ1) is 13.4. The highest BCUT2D eigenvalue weighted by atomic mass is 79.9. The van der Waals surface area contributed by atoms with Gasteiger partial charge < -0.3 is 4.74 Å². The summed E-state index contributed by atoms with van der Waals surface area (Å²) >= 11 is 14.9. The number of hydrogen-bond donors (Lipinski definition) is 0. The van der Waals surface area contributed by atoms with E-state index in [0.717, 1.165) is 4.47 Å². The highest BCUT2D eigenvalue weighted by Gasteiger charge is 2.09. The molecule has 92 valence electrons. The molecule has 0 bridgehead atoms. The summed E-state index contributed by atoms with van der Waals surface area (Å²) in [6, 6.07) is 11.6. The Balaban J connectivity index is 2.18. The third kappa shape index (κ3) is 3.25. The fourth-order valence-electron chi connectivity index (χ4n) is 1.32. The van der Waals surface area contributed by atoms with Crippen LogP contribution in [-0.4, -0.2) is 5.97 Å². The van der Waals surface area contributed by atoms with Crippen molar-refractivity contribution in [1.29, 1.82) is 0 Å². The minimum Gasteiger partial charge on any atom is -0.423 e. The van der Waals surface area contributed by atoms with Crippen LogP contribution in [0.5, 0.6) is 5.75 Å². The number of esters is 1. The molecule has 0 heterocycles. The van der Waals surface area contributed by atoms with Crippen molar-refractivity contribution in [1.82, 2.24) is 0 Å². The SMILES string of the molecule is O=C(Oc1ccc(Cl)c(Cl)c1)c1cccc(Br)c1. The Hall–Kier alpha value is -1.03. The summed E-state index contributed by atoms with van der Waals surface area (Å²) in [7, 11) is 0. The lowest BCUT2D eigenvalue weighted by Crippen LogP contribution is -2.08. The molecule has 0 unspecified atom stereocenters. The summed E-state index contributed by atoms with van der Waals surface area (Å²) in [6.45, 7) is 0. The molecule has 0 saturated carbocycles. The fourth-order valence-corrected chi connectivity index (χ4v) is 2.01. The molecule has 0 amide bonds. The summed E-state index contributed by atoms with van der Waals surface area (Å²) < 4.78 is 6.00. The van der Waals surface area contributed by atoms with Gasteiger partial charge in [0.15, 0.2) is 0 Å². The van der Waals surface area contributed by atoms with Gasteiger partial charge in [0.25, 0.3) is 0 Å². The number of carbonyl (C=O) groups excluding carboxylic acids is 1. The zero-order valence-corrected chi connectivity index (χ0v) is 12.1. The predicted octanol–water partition coefficient (Wildman–Crippen LogP) is 4.98. The lowest BCUT2D eigenvalue weighted by molar-refractivity contribution is 0.0734. The first-order valence-electron chi connectivity index (χ1n) is 4.99. The Labute approximate surface area is 123 Å². The predicted molar refractivity (Wildman–Crippen MR) is 75.6 cm³/mol. The molecular formula is C13H7BrCl2O2. The van der Waals surface area contributed by atoms with E-state index in [2.05, 4.69) is 15.9 Å². The highest BCUT2D eigenvalue weighted by Crippen LogP contribution is 2.26. The monoisotopic (exact) mass is 344 g/mol. The van der Waals surface area contributed by atoms with E-state index in [-0.39, 0.29) is 0 Å². The molecule has 0 atom stereocenters. The van der Waals surface area contributed by atoms with E-state index < -0.39 is 5.97 Å². The molecule has 0 aliphatic heterocycles. The van der Waals surface area contributed by atoms with Crippen molar-refractivity contribution in [3.8, 4) is 5.75 Å². The molecule has 18 heavy (non-hydrogen) atoms. The molecule has 0 aliphatic carbocycles. The van der Waals surface area contributed by atoms with Gasteiger partial charge >= 0.3 is 5.97 Å². The zero-order chi connectivity index (χ0) is 13.1. The van der Waals surface area contributed by atoms with Crippen LogP contribution in [-0.2, 0) is 0 Å². The van der Waals surface area contributed by atoms with Gasteiger partial charge in [0.2, 0.25) is 0 Å². The minimum absolute atomic E-state index is 0.344. The van der Waals surface area contributed by atoms with Gasteiger partial charge in [-0.3, -0.25) is 0 Å². The van der Waals surface area contributed by atoms with E-state index in [9.17, 15) is 4.79 Å². The number of hydrogen-bond acceptors (Lipinski definition) is 2. The van der Waals surface area contributed by atoms with Crippen LogP contribution in [0.25, 0.3) is 0 Å². The van der Waals surface area contributed by atoms with E-state index in [0.29, 0.717) is 21.4 Å². The molecular weight excluding hydrogens is 339 g/mol. The smallest absolute Gasteiger partial charge is 0.343 e. The average molecular weight is 346 g/mol. The Morgan fingerprint density at radius 1 is 1.06 bits per heavy atom. The Bertz CT molecular complexity index is 599. The van der Waals surface area contributed by atoms with Gasteiger partial charge in [-0.2, -0.15) is 0 Å².